The van der Waals surface area contributed by atoms with Crippen LogP contribution in [0.5, 0.6) is 11.5 Å². The SMILES string of the molecule is CCCc1ccc(OCCOCCN2CCOCC2)c(OC)c1. The summed E-state index contributed by atoms with van der Waals surface area (Å²) in [5.41, 5.74) is 1.28. The molecule has 1 aliphatic heterocycles. The van der Waals surface area contributed by atoms with E-state index in [1.165, 1.54) is 5.56 Å². The van der Waals surface area contributed by atoms with Gasteiger partial charge in [-0.15, -0.1) is 0 Å². The Kier molecular flexibility index (Phi) is 8.21. The van der Waals surface area contributed by atoms with E-state index in [-0.39, 0.29) is 0 Å². The lowest BCUT2D eigenvalue weighted by Crippen LogP contribution is -2.38. The van der Waals surface area contributed by atoms with Crippen molar-refractivity contribution in [3.05, 3.63) is 23.8 Å². The molecule has 0 radical (unpaired) electrons. The molecule has 1 aromatic carbocycles. The van der Waals surface area contributed by atoms with E-state index in [0.717, 1.165) is 63.8 Å². The maximum Gasteiger partial charge on any atom is 0.161 e. The third-order valence-electron chi connectivity index (χ3n) is 3.91. The number of morpholine rings is 1. The molecule has 0 aromatic heterocycles. The zero-order valence-corrected chi connectivity index (χ0v) is 14.4. The molecule has 1 saturated heterocycles. The second-order valence-electron chi connectivity index (χ2n) is 5.65. The van der Waals surface area contributed by atoms with Gasteiger partial charge >= 0.3 is 0 Å². The van der Waals surface area contributed by atoms with Crippen LogP contribution in [0.2, 0.25) is 0 Å². The maximum absolute atomic E-state index is 5.77. The normalized spacial score (nSPS) is 15.6. The van der Waals surface area contributed by atoms with Gasteiger partial charge in [0.05, 0.1) is 33.5 Å². The second-order valence-corrected chi connectivity index (χ2v) is 5.65. The summed E-state index contributed by atoms with van der Waals surface area (Å²) in [5.74, 6) is 1.58. The Morgan fingerprint density at radius 1 is 1.09 bits per heavy atom. The fraction of sp³-hybridized carbons (Fsp3) is 0.667. The topological polar surface area (TPSA) is 40.2 Å². The number of hydrogen-bond acceptors (Lipinski definition) is 5. The molecule has 2 rings (SSSR count). The lowest BCUT2D eigenvalue weighted by Gasteiger charge is -2.26. The Balaban J connectivity index is 1.63. The highest BCUT2D eigenvalue weighted by atomic mass is 16.5. The first-order valence-corrected chi connectivity index (χ1v) is 8.51. The molecule has 1 heterocycles. The molecule has 0 atom stereocenters. The smallest absolute Gasteiger partial charge is 0.161 e. The maximum atomic E-state index is 5.77. The van der Waals surface area contributed by atoms with Crippen LogP contribution < -0.4 is 9.47 Å². The molecule has 5 nitrogen and oxygen atoms in total. The molecule has 0 spiro atoms. The molecule has 130 valence electrons. The number of rotatable bonds is 10. The van der Waals surface area contributed by atoms with Crippen molar-refractivity contribution >= 4 is 0 Å². The van der Waals surface area contributed by atoms with Crippen LogP contribution in [0.3, 0.4) is 0 Å². The lowest BCUT2D eigenvalue weighted by molar-refractivity contribution is 0.0169. The summed E-state index contributed by atoms with van der Waals surface area (Å²) in [6.07, 6.45) is 2.18. The van der Waals surface area contributed by atoms with E-state index in [2.05, 4.69) is 24.0 Å². The van der Waals surface area contributed by atoms with Crippen molar-refractivity contribution in [1.29, 1.82) is 0 Å². The van der Waals surface area contributed by atoms with Gasteiger partial charge in [0.25, 0.3) is 0 Å². The number of aryl methyl sites for hydroxylation is 1. The van der Waals surface area contributed by atoms with Crippen LogP contribution in [0.25, 0.3) is 0 Å². The Labute approximate surface area is 139 Å². The average molecular weight is 323 g/mol. The van der Waals surface area contributed by atoms with E-state index in [0.29, 0.717) is 13.2 Å². The summed E-state index contributed by atoms with van der Waals surface area (Å²) >= 11 is 0. The van der Waals surface area contributed by atoms with Crippen molar-refractivity contribution in [3.63, 3.8) is 0 Å². The van der Waals surface area contributed by atoms with Crippen molar-refractivity contribution in [1.82, 2.24) is 4.90 Å². The van der Waals surface area contributed by atoms with Gasteiger partial charge in [0, 0.05) is 19.6 Å². The summed E-state index contributed by atoms with van der Waals surface area (Å²) in [4.78, 5) is 2.36. The molecule has 1 aromatic rings. The molecular formula is C18H29NO4. The summed E-state index contributed by atoms with van der Waals surface area (Å²) in [5, 5.41) is 0. The average Bonchev–Trinajstić information content (AvgIpc) is 2.60. The van der Waals surface area contributed by atoms with Crippen molar-refractivity contribution in [2.45, 2.75) is 19.8 Å². The minimum atomic E-state index is 0.534. The van der Waals surface area contributed by atoms with Crippen molar-refractivity contribution in [2.24, 2.45) is 0 Å². The Morgan fingerprint density at radius 2 is 1.91 bits per heavy atom. The Morgan fingerprint density at radius 3 is 2.65 bits per heavy atom. The predicted octanol–water partition coefficient (Wildman–Crippen LogP) is 2.38. The highest BCUT2D eigenvalue weighted by molar-refractivity contribution is 5.43. The van der Waals surface area contributed by atoms with E-state index in [4.69, 9.17) is 18.9 Å². The monoisotopic (exact) mass is 323 g/mol. The van der Waals surface area contributed by atoms with Gasteiger partial charge in [-0.25, -0.2) is 0 Å². The van der Waals surface area contributed by atoms with Gasteiger partial charge in [-0.05, 0) is 24.1 Å². The van der Waals surface area contributed by atoms with Crippen LogP contribution in [0.1, 0.15) is 18.9 Å². The van der Waals surface area contributed by atoms with Gasteiger partial charge in [-0.3, -0.25) is 4.90 Å². The van der Waals surface area contributed by atoms with Gasteiger partial charge in [-0.1, -0.05) is 19.4 Å². The van der Waals surface area contributed by atoms with E-state index >= 15 is 0 Å². The zero-order valence-electron chi connectivity index (χ0n) is 14.4. The number of nitrogens with zero attached hydrogens (tertiary/aromatic N) is 1. The van der Waals surface area contributed by atoms with Gasteiger partial charge in [0.2, 0.25) is 0 Å². The molecule has 0 aliphatic carbocycles. The van der Waals surface area contributed by atoms with Crippen molar-refractivity contribution in [2.75, 3.05) is 59.8 Å². The van der Waals surface area contributed by atoms with Crippen LogP contribution >= 0.6 is 0 Å². The van der Waals surface area contributed by atoms with Gasteiger partial charge < -0.3 is 18.9 Å². The summed E-state index contributed by atoms with van der Waals surface area (Å²) in [6, 6.07) is 6.14. The van der Waals surface area contributed by atoms with Crippen molar-refractivity contribution in [3.8, 4) is 11.5 Å². The minimum Gasteiger partial charge on any atom is -0.493 e. The quantitative estimate of drug-likeness (QED) is 0.618. The van der Waals surface area contributed by atoms with Gasteiger partial charge in [-0.2, -0.15) is 0 Å². The van der Waals surface area contributed by atoms with Crippen LogP contribution in [0.4, 0.5) is 0 Å². The van der Waals surface area contributed by atoms with Crippen LogP contribution in [-0.2, 0) is 15.9 Å². The molecular weight excluding hydrogens is 294 g/mol. The van der Waals surface area contributed by atoms with E-state index in [1.54, 1.807) is 7.11 Å². The van der Waals surface area contributed by atoms with E-state index in [1.807, 2.05) is 6.07 Å². The first kappa shape index (κ1) is 18.0. The van der Waals surface area contributed by atoms with Gasteiger partial charge in [0.1, 0.15) is 6.61 Å². The molecule has 0 N–H and O–H groups in total. The largest absolute Gasteiger partial charge is 0.493 e. The summed E-state index contributed by atoms with van der Waals surface area (Å²) < 4.78 is 22.1. The number of benzene rings is 1. The molecule has 0 bridgehead atoms. The second kappa shape index (κ2) is 10.5. The number of methoxy groups -OCH3 is 1. The molecule has 0 unspecified atom stereocenters. The molecule has 1 aliphatic rings. The fourth-order valence-electron chi connectivity index (χ4n) is 2.61. The van der Waals surface area contributed by atoms with Crippen LogP contribution in [0, 0.1) is 0 Å². The van der Waals surface area contributed by atoms with E-state index < -0.39 is 0 Å². The highest BCUT2D eigenvalue weighted by Crippen LogP contribution is 2.28. The molecule has 5 heteroatoms. The van der Waals surface area contributed by atoms with Crippen molar-refractivity contribution < 1.29 is 18.9 Å². The molecule has 1 fully saturated rings. The Hall–Kier alpha value is -1.30. The third kappa shape index (κ3) is 6.37. The van der Waals surface area contributed by atoms with Crippen LogP contribution in [-0.4, -0.2) is 64.7 Å². The summed E-state index contributed by atoms with van der Waals surface area (Å²) in [6.45, 7) is 8.65. The minimum absolute atomic E-state index is 0.534. The standard InChI is InChI=1S/C18H29NO4/c1-3-4-16-5-6-17(18(15-16)20-2)23-14-13-22-12-9-19-7-10-21-11-8-19/h5-6,15H,3-4,7-14H2,1-2H3. The molecule has 23 heavy (non-hydrogen) atoms. The number of hydrogen-bond donors (Lipinski definition) is 0. The predicted molar refractivity (Wildman–Crippen MR) is 90.6 cm³/mol. The molecule has 0 amide bonds. The first-order valence-electron chi connectivity index (χ1n) is 8.51. The Bertz CT molecular complexity index is 447. The third-order valence-corrected chi connectivity index (χ3v) is 3.91. The van der Waals surface area contributed by atoms with E-state index in [9.17, 15) is 0 Å². The van der Waals surface area contributed by atoms with Crippen LogP contribution in [0.15, 0.2) is 18.2 Å². The summed E-state index contributed by atoms with van der Waals surface area (Å²) in [7, 11) is 1.68. The molecule has 0 saturated carbocycles. The number of ether oxygens (including phenoxy) is 4. The lowest BCUT2D eigenvalue weighted by atomic mass is 10.1. The zero-order chi connectivity index (χ0) is 16.3. The van der Waals surface area contributed by atoms with Gasteiger partial charge in [0.15, 0.2) is 11.5 Å². The first-order chi connectivity index (χ1) is 11.3. The highest BCUT2D eigenvalue weighted by Gasteiger charge is 2.09. The fourth-order valence-corrected chi connectivity index (χ4v) is 2.61.